The van der Waals surface area contributed by atoms with Crippen molar-refractivity contribution in [2.24, 2.45) is 10.7 Å². The number of anilines is 1. The van der Waals surface area contributed by atoms with Crippen molar-refractivity contribution in [2.45, 2.75) is 32.1 Å². The molecule has 0 atom stereocenters. The van der Waals surface area contributed by atoms with E-state index in [1.165, 1.54) is 0 Å². The minimum Gasteiger partial charge on any atom is -0.497 e. The summed E-state index contributed by atoms with van der Waals surface area (Å²) >= 11 is 0. The zero-order chi connectivity index (χ0) is 18.1. The Morgan fingerprint density at radius 3 is 2.81 bits per heavy atom. The number of nitrogens with one attached hydrogen (secondary N) is 1. The standard InChI is InChI=1S/C18H28N4O3.HI/c1-24-14-8-9-16(25-2)15(13-14)21-18(19)20-10-6-12-22-11-5-3-4-7-17(22)23;/h8-9,13H,3-7,10-12H2,1-2H3,(H3,19,20,21);1H. The minimum atomic E-state index is 0. The maximum absolute atomic E-state index is 11.9. The molecule has 1 heterocycles. The Morgan fingerprint density at radius 2 is 2.08 bits per heavy atom. The van der Waals surface area contributed by atoms with Crippen LogP contribution in [0.3, 0.4) is 0 Å². The normalized spacial score (nSPS) is 15.1. The molecule has 2 rings (SSSR count). The third-order valence-electron chi connectivity index (χ3n) is 4.21. The van der Waals surface area contributed by atoms with Gasteiger partial charge >= 0.3 is 0 Å². The van der Waals surface area contributed by atoms with Crippen molar-refractivity contribution in [3.8, 4) is 11.5 Å². The number of carbonyl (C=O) groups is 1. The van der Waals surface area contributed by atoms with Crippen LogP contribution in [-0.4, -0.2) is 50.6 Å². The molecule has 1 aromatic rings. The van der Waals surface area contributed by atoms with Gasteiger partial charge in [-0.05, 0) is 31.4 Å². The molecule has 1 amide bonds. The molecular weight excluding hydrogens is 447 g/mol. The molecule has 3 N–H and O–H groups in total. The third kappa shape index (κ3) is 6.89. The fourth-order valence-electron chi connectivity index (χ4n) is 2.83. The van der Waals surface area contributed by atoms with Gasteiger partial charge in [0.2, 0.25) is 5.91 Å². The first-order valence-electron chi connectivity index (χ1n) is 8.71. The lowest BCUT2D eigenvalue weighted by Crippen LogP contribution is -2.31. The van der Waals surface area contributed by atoms with E-state index >= 15 is 0 Å². The number of ether oxygens (including phenoxy) is 2. The van der Waals surface area contributed by atoms with Crippen LogP contribution in [0.4, 0.5) is 5.69 Å². The number of guanidine groups is 1. The second-order valence-electron chi connectivity index (χ2n) is 6.00. The Balaban J connectivity index is 0.00000338. The zero-order valence-electron chi connectivity index (χ0n) is 15.5. The summed E-state index contributed by atoms with van der Waals surface area (Å²) in [7, 11) is 3.20. The highest BCUT2D eigenvalue weighted by molar-refractivity contribution is 14.0. The topological polar surface area (TPSA) is 89.2 Å². The number of hydrogen-bond acceptors (Lipinski definition) is 4. The monoisotopic (exact) mass is 476 g/mol. The molecule has 1 fully saturated rings. The van der Waals surface area contributed by atoms with Gasteiger partial charge in [0, 0.05) is 32.1 Å². The van der Waals surface area contributed by atoms with E-state index in [9.17, 15) is 4.79 Å². The molecule has 8 heteroatoms. The van der Waals surface area contributed by atoms with Gasteiger partial charge in [0.25, 0.3) is 0 Å². The fourth-order valence-corrected chi connectivity index (χ4v) is 2.83. The van der Waals surface area contributed by atoms with Crippen LogP contribution in [0.1, 0.15) is 32.1 Å². The number of rotatable bonds is 7. The molecular formula is C18H29IN4O3. The quantitative estimate of drug-likeness (QED) is 0.274. The largest absolute Gasteiger partial charge is 0.497 e. The highest BCUT2D eigenvalue weighted by atomic mass is 127. The van der Waals surface area contributed by atoms with Crippen molar-refractivity contribution >= 4 is 41.5 Å². The number of benzene rings is 1. The first-order chi connectivity index (χ1) is 12.1. The van der Waals surface area contributed by atoms with Crippen molar-refractivity contribution < 1.29 is 14.3 Å². The summed E-state index contributed by atoms with van der Waals surface area (Å²) in [5, 5.41) is 3.04. The molecule has 1 saturated heterocycles. The van der Waals surface area contributed by atoms with Gasteiger partial charge in [-0.25, -0.2) is 0 Å². The number of nitrogens with two attached hydrogens (primary N) is 1. The van der Waals surface area contributed by atoms with E-state index in [2.05, 4.69) is 10.3 Å². The molecule has 146 valence electrons. The number of aliphatic imine (C=N–C) groups is 1. The Labute approximate surface area is 172 Å². The fraction of sp³-hybridized carbons (Fsp3) is 0.556. The molecule has 0 aromatic heterocycles. The lowest BCUT2D eigenvalue weighted by Gasteiger charge is -2.19. The van der Waals surface area contributed by atoms with Crippen molar-refractivity contribution in [1.82, 2.24) is 4.90 Å². The summed E-state index contributed by atoms with van der Waals surface area (Å²) in [6, 6.07) is 5.42. The average molecular weight is 476 g/mol. The van der Waals surface area contributed by atoms with Gasteiger partial charge in [-0.15, -0.1) is 24.0 Å². The van der Waals surface area contributed by atoms with E-state index in [1.54, 1.807) is 26.4 Å². The lowest BCUT2D eigenvalue weighted by molar-refractivity contribution is -0.130. The van der Waals surface area contributed by atoms with E-state index < -0.39 is 0 Å². The zero-order valence-corrected chi connectivity index (χ0v) is 17.8. The average Bonchev–Trinajstić information content (AvgIpc) is 2.83. The molecule has 0 aliphatic carbocycles. The van der Waals surface area contributed by atoms with Crippen LogP contribution in [0, 0.1) is 0 Å². The van der Waals surface area contributed by atoms with Crippen molar-refractivity contribution in [3.05, 3.63) is 18.2 Å². The predicted octanol–water partition coefficient (Wildman–Crippen LogP) is 2.84. The Bertz CT molecular complexity index is 610. The first-order valence-corrected chi connectivity index (χ1v) is 8.71. The van der Waals surface area contributed by atoms with Crippen LogP contribution in [0.5, 0.6) is 11.5 Å². The van der Waals surface area contributed by atoms with E-state index in [0.717, 1.165) is 38.8 Å². The highest BCUT2D eigenvalue weighted by Crippen LogP contribution is 2.28. The maximum atomic E-state index is 11.9. The van der Waals surface area contributed by atoms with Crippen LogP contribution in [0.15, 0.2) is 23.2 Å². The molecule has 1 aliphatic rings. The number of halogens is 1. The molecule has 0 bridgehead atoms. The first kappa shape index (κ1) is 22.3. The van der Waals surface area contributed by atoms with Crippen molar-refractivity contribution in [1.29, 1.82) is 0 Å². The number of amides is 1. The maximum Gasteiger partial charge on any atom is 0.222 e. The van der Waals surface area contributed by atoms with Gasteiger partial charge in [-0.2, -0.15) is 0 Å². The number of carbonyl (C=O) groups excluding carboxylic acids is 1. The summed E-state index contributed by atoms with van der Waals surface area (Å²) in [4.78, 5) is 18.2. The Hall–Kier alpha value is -1.71. The molecule has 0 saturated carbocycles. The predicted molar refractivity (Wildman–Crippen MR) is 115 cm³/mol. The second kappa shape index (κ2) is 11.8. The van der Waals surface area contributed by atoms with Crippen LogP contribution in [-0.2, 0) is 4.79 Å². The molecule has 0 radical (unpaired) electrons. The van der Waals surface area contributed by atoms with E-state index in [4.69, 9.17) is 15.2 Å². The van der Waals surface area contributed by atoms with Gasteiger partial charge in [-0.1, -0.05) is 6.42 Å². The Kier molecular flexibility index (Phi) is 10.2. The van der Waals surface area contributed by atoms with Gasteiger partial charge in [0.15, 0.2) is 5.96 Å². The smallest absolute Gasteiger partial charge is 0.222 e. The number of likely N-dealkylation sites (tertiary alicyclic amines) is 1. The molecule has 1 aliphatic heterocycles. The number of nitrogens with zero attached hydrogens (tertiary/aromatic N) is 2. The molecule has 0 unspecified atom stereocenters. The molecule has 7 nitrogen and oxygen atoms in total. The summed E-state index contributed by atoms with van der Waals surface area (Å²) in [5.41, 5.74) is 6.65. The van der Waals surface area contributed by atoms with Crippen LogP contribution < -0.4 is 20.5 Å². The van der Waals surface area contributed by atoms with E-state index in [1.807, 2.05) is 11.0 Å². The Morgan fingerprint density at radius 1 is 1.27 bits per heavy atom. The van der Waals surface area contributed by atoms with Crippen LogP contribution in [0.2, 0.25) is 0 Å². The van der Waals surface area contributed by atoms with Gasteiger partial charge in [0.05, 0.1) is 19.9 Å². The number of hydrogen-bond donors (Lipinski definition) is 2. The number of methoxy groups -OCH3 is 2. The molecule has 26 heavy (non-hydrogen) atoms. The molecule has 0 spiro atoms. The SMILES string of the molecule is COc1ccc(OC)c(NC(N)=NCCCN2CCCCCC2=O)c1.I. The van der Waals surface area contributed by atoms with Crippen LogP contribution >= 0.6 is 24.0 Å². The highest BCUT2D eigenvalue weighted by Gasteiger charge is 2.15. The summed E-state index contributed by atoms with van der Waals surface area (Å²) in [5.74, 6) is 1.94. The van der Waals surface area contributed by atoms with Crippen LogP contribution in [0.25, 0.3) is 0 Å². The van der Waals surface area contributed by atoms with Crippen molar-refractivity contribution in [2.75, 3.05) is 39.2 Å². The van der Waals surface area contributed by atoms with Gasteiger partial charge < -0.3 is 25.4 Å². The summed E-state index contributed by atoms with van der Waals surface area (Å²) in [6.07, 6.45) is 4.70. The minimum absolute atomic E-state index is 0. The summed E-state index contributed by atoms with van der Waals surface area (Å²) < 4.78 is 10.5. The van der Waals surface area contributed by atoms with E-state index in [-0.39, 0.29) is 29.9 Å². The summed E-state index contributed by atoms with van der Waals surface area (Å²) in [6.45, 7) is 2.16. The second-order valence-corrected chi connectivity index (χ2v) is 6.00. The van der Waals surface area contributed by atoms with E-state index in [0.29, 0.717) is 36.1 Å². The third-order valence-corrected chi connectivity index (χ3v) is 4.21. The molecule has 1 aromatic carbocycles. The van der Waals surface area contributed by atoms with Crippen molar-refractivity contribution in [3.63, 3.8) is 0 Å². The van der Waals surface area contributed by atoms with Gasteiger partial charge in [-0.3, -0.25) is 9.79 Å². The van der Waals surface area contributed by atoms with Gasteiger partial charge in [0.1, 0.15) is 11.5 Å². The lowest BCUT2D eigenvalue weighted by atomic mass is 10.2.